The Morgan fingerprint density at radius 2 is 1.00 bits per heavy atom. The summed E-state index contributed by atoms with van der Waals surface area (Å²) in [5, 5.41) is 0. The zero-order valence-corrected chi connectivity index (χ0v) is 7.39. The Hall–Kier alpha value is 2.01. The average Bonchev–Trinajstić information content (AvgIpc) is 0. The van der Waals surface area contributed by atoms with Gasteiger partial charge >= 0.3 is 0 Å². The van der Waals surface area contributed by atoms with Crippen LogP contribution < -0.4 is 0 Å². The molecule has 0 spiro atoms. The topological polar surface area (TPSA) is 0 Å². The Labute approximate surface area is 74.6 Å². The van der Waals surface area contributed by atoms with Crippen molar-refractivity contribution < 1.29 is 56.8 Å². The van der Waals surface area contributed by atoms with Gasteiger partial charge in [0.1, 0.15) is 0 Å². The summed E-state index contributed by atoms with van der Waals surface area (Å²) < 4.78 is 0. The van der Waals surface area contributed by atoms with E-state index in [0.717, 1.165) is 0 Å². The van der Waals surface area contributed by atoms with Crippen LogP contribution in [-0.4, -0.2) is 11.0 Å². The van der Waals surface area contributed by atoms with Crippen molar-refractivity contribution in [3.63, 3.8) is 0 Å². The fourth-order valence-corrected chi connectivity index (χ4v) is 0. The Balaban J connectivity index is 0. The Morgan fingerprint density at radius 1 is 1.00 bits per heavy atom. The molecule has 0 N–H and O–H groups in total. The molecular weight excluding hydrogens is 240 g/mol. The largest absolute Gasteiger partial charge is 0.0776 e. The van der Waals surface area contributed by atoms with Crippen molar-refractivity contribution in [1.82, 2.24) is 0 Å². The molecule has 0 heterocycles. The van der Waals surface area contributed by atoms with Crippen LogP contribution >= 0.6 is 0 Å². The quantitative estimate of drug-likeness (QED) is 0.536. The molecule has 0 aliphatic heterocycles. The molecular formula is CH4CrMnNbSi. The summed E-state index contributed by atoms with van der Waals surface area (Å²) in [7, 11) is 0. The number of hydrogen-bond acceptors (Lipinski definition) is 0. The first-order valence-electron chi connectivity index (χ1n) is 0. The molecule has 0 aromatic carbocycles. The maximum Gasteiger partial charge on any atom is 0 e. The first-order valence-corrected chi connectivity index (χ1v) is 0. The van der Waals surface area contributed by atoms with Crippen LogP contribution in [0, 0.1) is 0 Å². The maximum atomic E-state index is 0. The SMILES string of the molecule is C.[Cr].[Mn].[Nb].[Si]. The minimum absolute atomic E-state index is 0. The molecule has 6 radical (unpaired) electrons. The van der Waals surface area contributed by atoms with Crippen molar-refractivity contribution in [2.45, 2.75) is 7.43 Å². The molecule has 0 aliphatic carbocycles. The number of hydrogen-bond donors (Lipinski definition) is 0. The summed E-state index contributed by atoms with van der Waals surface area (Å²) in [6.45, 7) is 0. The second-order valence-electron chi connectivity index (χ2n) is 0. The van der Waals surface area contributed by atoms with E-state index in [1.807, 2.05) is 0 Å². The van der Waals surface area contributed by atoms with E-state index in [1.54, 1.807) is 0 Å². The molecule has 0 nitrogen and oxygen atoms in total. The van der Waals surface area contributed by atoms with E-state index in [4.69, 9.17) is 0 Å². The molecule has 0 unspecified atom stereocenters. The molecule has 5 heavy (non-hydrogen) atoms. The van der Waals surface area contributed by atoms with Gasteiger partial charge in [-0.15, -0.1) is 0 Å². The monoisotopic (exact) mass is 244 g/mol. The summed E-state index contributed by atoms with van der Waals surface area (Å²) in [5.74, 6) is 0. The van der Waals surface area contributed by atoms with Crippen LogP contribution in [0.25, 0.3) is 0 Å². The zero-order valence-electron chi connectivity index (χ0n) is 1.73. The van der Waals surface area contributed by atoms with Crippen LogP contribution in [0.15, 0.2) is 0 Å². The summed E-state index contributed by atoms with van der Waals surface area (Å²) in [6.07, 6.45) is 0. The van der Waals surface area contributed by atoms with Crippen LogP contribution in [-0.2, 0) is 56.8 Å². The van der Waals surface area contributed by atoms with E-state index in [0.29, 0.717) is 0 Å². The van der Waals surface area contributed by atoms with Gasteiger partial charge in [-0.2, -0.15) is 0 Å². The smallest absolute Gasteiger partial charge is 0 e. The van der Waals surface area contributed by atoms with Crippen molar-refractivity contribution in [3.8, 4) is 0 Å². The van der Waals surface area contributed by atoms with Crippen molar-refractivity contribution in [2.24, 2.45) is 0 Å². The van der Waals surface area contributed by atoms with E-state index < -0.39 is 0 Å². The third kappa shape index (κ3) is 23.9. The van der Waals surface area contributed by atoms with Gasteiger partial charge in [0, 0.05) is 67.8 Å². The van der Waals surface area contributed by atoms with E-state index in [2.05, 4.69) is 0 Å². The molecule has 0 rings (SSSR count). The van der Waals surface area contributed by atoms with Gasteiger partial charge in [-0.25, -0.2) is 0 Å². The molecule has 0 saturated carbocycles. The molecule has 0 amide bonds. The van der Waals surface area contributed by atoms with Crippen molar-refractivity contribution in [1.29, 1.82) is 0 Å². The molecule has 0 bridgehead atoms. The van der Waals surface area contributed by atoms with E-state index in [-0.39, 0.29) is 75.2 Å². The predicted molar refractivity (Wildman–Crippen MR) is 12.5 cm³/mol. The van der Waals surface area contributed by atoms with Gasteiger partial charge in [-0.3, -0.25) is 0 Å². The fourth-order valence-electron chi connectivity index (χ4n) is 0. The summed E-state index contributed by atoms with van der Waals surface area (Å²) in [5.41, 5.74) is 0. The molecule has 4 heteroatoms. The predicted octanol–water partition coefficient (Wildman–Crippen LogP) is 0.248. The maximum absolute atomic E-state index is 0. The minimum atomic E-state index is 0. The fraction of sp³-hybridized carbons (Fsp3) is 1.00. The third-order valence-corrected chi connectivity index (χ3v) is 0. The summed E-state index contributed by atoms with van der Waals surface area (Å²) >= 11 is 0. The van der Waals surface area contributed by atoms with Crippen molar-refractivity contribution in [3.05, 3.63) is 0 Å². The van der Waals surface area contributed by atoms with E-state index >= 15 is 0 Å². The van der Waals surface area contributed by atoms with Crippen LogP contribution in [0.2, 0.25) is 0 Å². The van der Waals surface area contributed by atoms with Crippen LogP contribution in [0.3, 0.4) is 0 Å². The Bertz CT molecular complexity index is 11.6. The van der Waals surface area contributed by atoms with Gasteiger partial charge in [0.2, 0.25) is 0 Å². The van der Waals surface area contributed by atoms with Crippen molar-refractivity contribution in [2.75, 3.05) is 0 Å². The Morgan fingerprint density at radius 3 is 1.00 bits per heavy atom. The second-order valence-corrected chi connectivity index (χ2v) is 0. The first-order chi connectivity index (χ1) is 0. The average molecular weight is 244 g/mol. The molecule has 0 fully saturated rings. The van der Waals surface area contributed by atoms with Gasteiger partial charge in [-0.1, -0.05) is 7.43 Å². The molecule has 0 aliphatic rings. The minimum Gasteiger partial charge on any atom is -0.0776 e. The molecule has 0 atom stereocenters. The van der Waals surface area contributed by atoms with Gasteiger partial charge in [0.15, 0.2) is 0 Å². The summed E-state index contributed by atoms with van der Waals surface area (Å²) in [6, 6.07) is 0. The third-order valence-electron chi connectivity index (χ3n) is 0. The van der Waals surface area contributed by atoms with Gasteiger partial charge < -0.3 is 0 Å². The molecule has 0 saturated heterocycles. The molecule has 30 valence electrons. The molecule has 0 aromatic rings. The van der Waals surface area contributed by atoms with Crippen LogP contribution in [0.1, 0.15) is 7.43 Å². The number of rotatable bonds is 0. The standard InChI is InChI=1S/CH4.Cr.Mn.Nb.Si/h1H4;;;;. The first kappa shape index (κ1) is 62.7. The summed E-state index contributed by atoms with van der Waals surface area (Å²) in [4.78, 5) is 0. The molecule has 0 aromatic heterocycles. The normalized spacial score (nSPS) is 0. The second kappa shape index (κ2) is 37.4. The van der Waals surface area contributed by atoms with Crippen LogP contribution in [0.4, 0.5) is 0 Å². The van der Waals surface area contributed by atoms with Gasteiger partial charge in [-0.05, 0) is 0 Å². The van der Waals surface area contributed by atoms with Crippen molar-refractivity contribution >= 4 is 11.0 Å². The van der Waals surface area contributed by atoms with E-state index in [9.17, 15) is 0 Å². The van der Waals surface area contributed by atoms with Crippen LogP contribution in [0.5, 0.6) is 0 Å². The van der Waals surface area contributed by atoms with E-state index in [1.165, 1.54) is 0 Å². The van der Waals surface area contributed by atoms with Gasteiger partial charge in [0.25, 0.3) is 0 Å². The Kier molecular flexibility index (Phi) is 468. The van der Waals surface area contributed by atoms with Gasteiger partial charge in [0.05, 0.1) is 0 Å². The zero-order chi connectivity index (χ0) is 0.